The smallest absolute Gasteiger partial charge is 0.0546 e. The molecule has 118 valence electrons. The normalized spacial score (nSPS) is 32.4. The predicted molar refractivity (Wildman–Crippen MR) is 85.0 cm³/mol. The highest BCUT2D eigenvalue weighted by atomic mass is 16.5. The molecule has 0 saturated carbocycles. The molecule has 20 heavy (non-hydrogen) atoms. The van der Waals surface area contributed by atoms with Gasteiger partial charge in [-0.25, -0.2) is 0 Å². The maximum Gasteiger partial charge on any atom is 0.0546 e. The summed E-state index contributed by atoms with van der Waals surface area (Å²) in [5, 5.41) is 3.66. The lowest BCUT2D eigenvalue weighted by atomic mass is 9.81. The molecule has 2 saturated heterocycles. The number of likely N-dealkylation sites (tertiary alicyclic amines) is 1. The topological polar surface area (TPSA) is 24.5 Å². The van der Waals surface area contributed by atoms with Gasteiger partial charge in [-0.1, -0.05) is 27.7 Å². The van der Waals surface area contributed by atoms with Crippen LogP contribution in [0.5, 0.6) is 0 Å². The van der Waals surface area contributed by atoms with Crippen LogP contribution in [0.25, 0.3) is 0 Å². The molecular weight excluding hydrogens is 248 g/mol. The fraction of sp³-hybridized carbons (Fsp3) is 1.00. The first-order valence-corrected chi connectivity index (χ1v) is 8.54. The van der Waals surface area contributed by atoms with Crippen molar-refractivity contribution in [3.63, 3.8) is 0 Å². The van der Waals surface area contributed by atoms with E-state index in [2.05, 4.69) is 37.9 Å². The summed E-state index contributed by atoms with van der Waals surface area (Å²) in [6.07, 6.45) is 3.92. The molecule has 2 heterocycles. The Morgan fingerprint density at radius 2 is 2.10 bits per heavy atom. The Kier molecular flexibility index (Phi) is 5.88. The van der Waals surface area contributed by atoms with Gasteiger partial charge in [-0.05, 0) is 37.6 Å². The highest BCUT2D eigenvalue weighted by molar-refractivity contribution is 4.90. The van der Waals surface area contributed by atoms with E-state index in [1.165, 1.54) is 38.9 Å². The minimum Gasteiger partial charge on any atom is -0.381 e. The molecule has 0 aromatic carbocycles. The first-order valence-electron chi connectivity index (χ1n) is 8.54. The van der Waals surface area contributed by atoms with Gasteiger partial charge >= 0.3 is 0 Å². The average molecular weight is 282 g/mol. The van der Waals surface area contributed by atoms with Crippen LogP contribution in [0.4, 0.5) is 0 Å². The highest BCUT2D eigenvalue weighted by Crippen LogP contribution is 2.32. The van der Waals surface area contributed by atoms with E-state index < -0.39 is 0 Å². The van der Waals surface area contributed by atoms with Gasteiger partial charge in [0.25, 0.3) is 0 Å². The molecule has 0 spiro atoms. The highest BCUT2D eigenvalue weighted by Gasteiger charge is 2.37. The molecule has 0 amide bonds. The van der Waals surface area contributed by atoms with Crippen molar-refractivity contribution in [1.29, 1.82) is 0 Å². The summed E-state index contributed by atoms with van der Waals surface area (Å²) in [6, 6.07) is 0.566. The molecule has 0 aromatic rings. The standard InChI is InChI=1S/C17H34N2O/c1-14(2)16-6-8-19(10-16)12-17(11-18-15(3)4)7-5-9-20-13-17/h14-16,18H,5-13H2,1-4H3. The quantitative estimate of drug-likeness (QED) is 0.811. The molecule has 0 radical (unpaired) electrons. The lowest BCUT2D eigenvalue weighted by molar-refractivity contribution is -0.0245. The van der Waals surface area contributed by atoms with Crippen molar-refractivity contribution in [3.05, 3.63) is 0 Å². The van der Waals surface area contributed by atoms with Crippen LogP contribution in [0.3, 0.4) is 0 Å². The number of nitrogens with one attached hydrogen (secondary N) is 1. The lowest BCUT2D eigenvalue weighted by Gasteiger charge is -2.40. The molecule has 0 bridgehead atoms. The monoisotopic (exact) mass is 282 g/mol. The number of rotatable bonds is 6. The van der Waals surface area contributed by atoms with Gasteiger partial charge in [0.1, 0.15) is 0 Å². The van der Waals surface area contributed by atoms with Crippen LogP contribution in [0.15, 0.2) is 0 Å². The van der Waals surface area contributed by atoms with Crippen LogP contribution in [-0.2, 0) is 4.74 Å². The van der Waals surface area contributed by atoms with Crippen LogP contribution < -0.4 is 5.32 Å². The zero-order valence-corrected chi connectivity index (χ0v) is 14.0. The first-order chi connectivity index (χ1) is 9.51. The Morgan fingerprint density at radius 1 is 1.30 bits per heavy atom. The Hall–Kier alpha value is -0.120. The van der Waals surface area contributed by atoms with Crippen LogP contribution in [-0.4, -0.2) is 50.3 Å². The van der Waals surface area contributed by atoms with Crippen LogP contribution >= 0.6 is 0 Å². The summed E-state index contributed by atoms with van der Waals surface area (Å²) in [5.74, 6) is 1.72. The van der Waals surface area contributed by atoms with Crippen LogP contribution in [0, 0.1) is 17.3 Å². The van der Waals surface area contributed by atoms with E-state index >= 15 is 0 Å². The molecule has 3 heteroatoms. The molecule has 0 aromatic heterocycles. The fourth-order valence-corrected chi connectivity index (χ4v) is 3.68. The lowest BCUT2D eigenvalue weighted by Crippen LogP contribution is -2.49. The van der Waals surface area contributed by atoms with E-state index in [4.69, 9.17) is 4.74 Å². The van der Waals surface area contributed by atoms with Crippen molar-refractivity contribution in [2.75, 3.05) is 39.4 Å². The number of hydrogen-bond acceptors (Lipinski definition) is 3. The van der Waals surface area contributed by atoms with Crippen molar-refractivity contribution in [2.24, 2.45) is 17.3 Å². The summed E-state index contributed by atoms with van der Waals surface area (Å²) < 4.78 is 5.84. The molecule has 0 aliphatic carbocycles. The zero-order valence-electron chi connectivity index (χ0n) is 14.0. The number of ether oxygens (including phenoxy) is 1. The average Bonchev–Trinajstić information content (AvgIpc) is 2.86. The van der Waals surface area contributed by atoms with Crippen molar-refractivity contribution < 1.29 is 4.74 Å². The van der Waals surface area contributed by atoms with Gasteiger partial charge < -0.3 is 15.0 Å². The van der Waals surface area contributed by atoms with Gasteiger partial charge in [0, 0.05) is 37.7 Å². The third-order valence-corrected chi connectivity index (χ3v) is 5.10. The molecule has 2 atom stereocenters. The van der Waals surface area contributed by atoms with E-state index in [1.807, 2.05) is 0 Å². The van der Waals surface area contributed by atoms with Gasteiger partial charge in [0.2, 0.25) is 0 Å². The van der Waals surface area contributed by atoms with Crippen molar-refractivity contribution in [1.82, 2.24) is 10.2 Å². The van der Waals surface area contributed by atoms with Crippen molar-refractivity contribution in [3.8, 4) is 0 Å². The van der Waals surface area contributed by atoms with E-state index in [0.717, 1.165) is 31.6 Å². The van der Waals surface area contributed by atoms with Gasteiger partial charge in [-0.2, -0.15) is 0 Å². The number of hydrogen-bond donors (Lipinski definition) is 1. The molecule has 2 rings (SSSR count). The SMILES string of the molecule is CC(C)NCC1(CN2CCC(C(C)C)C2)CCCOC1. The number of nitrogens with zero attached hydrogens (tertiary/aromatic N) is 1. The third kappa shape index (κ3) is 4.44. The van der Waals surface area contributed by atoms with E-state index in [1.54, 1.807) is 0 Å². The third-order valence-electron chi connectivity index (χ3n) is 5.10. The Morgan fingerprint density at radius 3 is 2.65 bits per heavy atom. The summed E-state index contributed by atoms with van der Waals surface area (Å²) >= 11 is 0. The van der Waals surface area contributed by atoms with Crippen molar-refractivity contribution in [2.45, 2.75) is 53.0 Å². The molecule has 2 fully saturated rings. The Balaban J connectivity index is 1.90. The molecule has 2 aliphatic rings. The summed E-state index contributed by atoms with van der Waals surface area (Å²) in [6.45, 7) is 16.0. The van der Waals surface area contributed by atoms with E-state index in [-0.39, 0.29) is 0 Å². The van der Waals surface area contributed by atoms with Crippen molar-refractivity contribution >= 4 is 0 Å². The Labute approximate surface area is 125 Å². The summed E-state index contributed by atoms with van der Waals surface area (Å²) in [4.78, 5) is 2.70. The maximum atomic E-state index is 5.84. The largest absolute Gasteiger partial charge is 0.381 e. The van der Waals surface area contributed by atoms with Crippen LogP contribution in [0.1, 0.15) is 47.0 Å². The van der Waals surface area contributed by atoms with Gasteiger partial charge in [0.05, 0.1) is 6.61 Å². The minimum atomic E-state index is 0.342. The summed E-state index contributed by atoms with van der Waals surface area (Å²) in [5.41, 5.74) is 0.342. The van der Waals surface area contributed by atoms with E-state index in [9.17, 15) is 0 Å². The maximum absolute atomic E-state index is 5.84. The summed E-state index contributed by atoms with van der Waals surface area (Å²) in [7, 11) is 0. The zero-order chi connectivity index (χ0) is 14.6. The molecular formula is C17H34N2O. The van der Waals surface area contributed by atoms with Crippen LogP contribution in [0.2, 0.25) is 0 Å². The minimum absolute atomic E-state index is 0.342. The fourth-order valence-electron chi connectivity index (χ4n) is 3.68. The molecule has 1 N–H and O–H groups in total. The van der Waals surface area contributed by atoms with E-state index in [0.29, 0.717) is 11.5 Å². The second-order valence-corrected chi connectivity index (χ2v) is 7.72. The second kappa shape index (κ2) is 7.24. The molecule has 3 nitrogen and oxygen atoms in total. The molecule has 2 aliphatic heterocycles. The predicted octanol–water partition coefficient (Wildman–Crippen LogP) is 2.76. The molecule has 2 unspecified atom stereocenters. The van der Waals surface area contributed by atoms with Gasteiger partial charge in [-0.3, -0.25) is 0 Å². The second-order valence-electron chi connectivity index (χ2n) is 7.72. The first kappa shape index (κ1) is 16.3. The Bertz CT molecular complexity index is 285. The van der Waals surface area contributed by atoms with Gasteiger partial charge in [0.15, 0.2) is 0 Å². The van der Waals surface area contributed by atoms with Gasteiger partial charge in [-0.15, -0.1) is 0 Å².